The molecule has 0 saturated heterocycles. The summed E-state index contributed by atoms with van der Waals surface area (Å²) < 4.78 is 1.05. The van der Waals surface area contributed by atoms with Gasteiger partial charge in [0.25, 0.3) is 5.91 Å². The smallest absolute Gasteiger partial charge is 0.262 e. The van der Waals surface area contributed by atoms with Crippen molar-refractivity contribution in [2.75, 3.05) is 4.90 Å². The summed E-state index contributed by atoms with van der Waals surface area (Å²) in [5.41, 5.74) is 3.27. The van der Waals surface area contributed by atoms with Crippen LogP contribution in [0, 0.1) is 0 Å². The van der Waals surface area contributed by atoms with Gasteiger partial charge in [0.15, 0.2) is 5.13 Å². The summed E-state index contributed by atoms with van der Waals surface area (Å²) >= 11 is 1.51. The number of nitrogens with zero attached hydrogens (tertiary/aromatic N) is 3. The highest BCUT2D eigenvalue weighted by Crippen LogP contribution is 2.31. The van der Waals surface area contributed by atoms with Crippen LogP contribution in [0.25, 0.3) is 21.1 Å². The third kappa shape index (κ3) is 2.93. The second kappa shape index (κ2) is 6.90. The number of nitrogens with one attached hydrogen (secondary N) is 1. The van der Waals surface area contributed by atoms with Crippen molar-refractivity contribution in [3.63, 3.8) is 0 Å². The van der Waals surface area contributed by atoms with Crippen LogP contribution in [0.15, 0.2) is 79.1 Å². The molecule has 1 amide bonds. The number of H-pyrrole nitrogens is 1. The van der Waals surface area contributed by atoms with Gasteiger partial charge in [0.2, 0.25) is 0 Å². The van der Waals surface area contributed by atoms with Crippen molar-refractivity contribution in [3.8, 4) is 0 Å². The normalized spacial score (nSPS) is 11.1. The Bertz CT molecular complexity index is 1240. The Kier molecular flexibility index (Phi) is 4.10. The summed E-state index contributed by atoms with van der Waals surface area (Å²) in [5.74, 6) is -0.0952. The molecule has 3 heterocycles. The molecular weight excluding hydrogens is 368 g/mol. The van der Waals surface area contributed by atoms with Crippen molar-refractivity contribution in [2.45, 2.75) is 6.54 Å². The fourth-order valence-electron chi connectivity index (χ4n) is 3.25. The fourth-order valence-corrected chi connectivity index (χ4v) is 4.21. The van der Waals surface area contributed by atoms with E-state index in [0.717, 1.165) is 26.8 Å². The van der Waals surface area contributed by atoms with Crippen LogP contribution in [0.4, 0.5) is 5.13 Å². The molecule has 5 rings (SSSR count). The average molecular weight is 384 g/mol. The number of anilines is 1. The van der Waals surface area contributed by atoms with Crippen molar-refractivity contribution < 1.29 is 4.79 Å². The lowest BCUT2D eigenvalue weighted by Crippen LogP contribution is -2.30. The molecule has 0 fully saturated rings. The Morgan fingerprint density at radius 1 is 1.00 bits per heavy atom. The molecule has 3 aromatic heterocycles. The van der Waals surface area contributed by atoms with Gasteiger partial charge in [0, 0.05) is 23.3 Å². The monoisotopic (exact) mass is 384 g/mol. The lowest BCUT2D eigenvalue weighted by Gasteiger charge is -2.19. The van der Waals surface area contributed by atoms with Crippen molar-refractivity contribution in [1.82, 2.24) is 15.0 Å². The predicted octanol–water partition coefficient (Wildman–Crippen LogP) is 5.02. The van der Waals surface area contributed by atoms with Crippen molar-refractivity contribution in [3.05, 3.63) is 90.4 Å². The highest BCUT2D eigenvalue weighted by Gasteiger charge is 2.24. The van der Waals surface area contributed by atoms with Gasteiger partial charge in [-0.25, -0.2) is 4.98 Å². The number of aromatic amines is 1. The number of aromatic nitrogens is 3. The minimum absolute atomic E-state index is 0.0952. The number of fused-ring (bicyclic) bond motifs is 2. The lowest BCUT2D eigenvalue weighted by atomic mass is 10.1. The number of carbonyl (C=O) groups is 1. The molecule has 0 saturated carbocycles. The van der Waals surface area contributed by atoms with Gasteiger partial charge < -0.3 is 4.98 Å². The number of thiazole rings is 1. The Balaban J connectivity index is 1.61. The van der Waals surface area contributed by atoms with E-state index in [1.807, 2.05) is 66.7 Å². The van der Waals surface area contributed by atoms with Gasteiger partial charge in [-0.05, 0) is 30.3 Å². The number of carbonyl (C=O) groups excluding carboxylic acids is 1. The standard InChI is InChI=1S/C22H16N4OS/c27-21(17-13-24-18-9-2-1-8-16(17)18)26(14-15-7-5-6-12-23-15)22-25-19-10-3-4-11-20(19)28-22/h1-13,24H,14H2. The van der Waals surface area contributed by atoms with Crippen LogP contribution in [-0.4, -0.2) is 20.9 Å². The molecule has 0 aliphatic carbocycles. The van der Waals surface area contributed by atoms with Crippen LogP contribution >= 0.6 is 11.3 Å². The van der Waals surface area contributed by atoms with Gasteiger partial charge in [0.05, 0.1) is 28.0 Å². The van der Waals surface area contributed by atoms with Gasteiger partial charge in [0.1, 0.15) is 0 Å². The van der Waals surface area contributed by atoms with E-state index < -0.39 is 0 Å². The zero-order valence-electron chi connectivity index (χ0n) is 14.9. The molecular formula is C22H16N4OS. The Labute approximate surface area is 165 Å². The zero-order chi connectivity index (χ0) is 18.9. The van der Waals surface area contributed by atoms with E-state index >= 15 is 0 Å². The number of benzene rings is 2. The summed E-state index contributed by atoms with van der Waals surface area (Å²) in [6.45, 7) is 0.360. The Morgan fingerprint density at radius 2 is 1.82 bits per heavy atom. The Morgan fingerprint density at radius 3 is 2.68 bits per heavy atom. The molecule has 0 aliphatic rings. The number of hydrogen-bond donors (Lipinski definition) is 1. The summed E-state index contributed by atoms with van der Waals surface area (Å²) in [7, 11) is 0. The van der Waals surface area contributed by atoms with E-state index in [4.69, 9.17) is 4.98 Å². The van der Waals surface area contributed by atoms with Crippen LogP contribution in [0.2, 0.25) is 0 Å². The van der Waals surface area contributed by atoms with E-state index in [1.54, 1.807) is 17.3 Å². The summed E-state index contributed by atoms with van der Waals surface area (Å²) in [6.07, 6.45) is 3.51. The molecule has 0 radical (unpaired) electrons. The first-order valence-electron chi connectivity index (χ1n) is 8.93. The van der Waals surface area contributed by atoms with Gasteiger partial charge >= 0.3 is 0 Å². The van der Waals surface area contributed by atoms with Crippen molar-refractivity contribution in [2.24, 2.45) is 0 Å². The molecule has 136 valence electrons. The zero-order valence-corrected chi connectivity index (χ0v) is 15.7. The van der Waals surface area contributed by atoms with E-state index in [2.05, 4.69) is 9.97 Å². The molecule has 0 bridgehead atoms. The highest BCUT2D eigenvalue weighted by atomic mass is 32.1. The van der Waals surface area contributed by atoms with Gasteiger partial charge in [-0.2, -0.15) is 0 Å². The second-order valence-electron chi connectivity index (χ2n) is 6.42. The molecule has 0 atom stereocenters. The topological polar surface area (TPSA) is 61.9 Å². The number of pyridine rings is 1. The molecule has 5 aromatic rings. The van der Waals surface area contributed by atoms with E-state index in [9.17, 15) is 4.79 Å². The number of hydrogen-bond acceptors (Lipinski definition) is 4. The third-order valence-corrected chi connectivity index (χ3v) is 5.68. The first kappa shape index (κ1) is 16.6. The van der Waals surface area contributed by atoms with E-state index in [1.165, 1.54) is 11.3 Å². The molecule has 0 aliphatic heterocycles. The predicted molar refractivity (Wildman–Crippen MR) is 113 cm³/mol. The first-order valence-corrected chi connectivity index (χ1v) is 9.75. The van der Waals surface area contributed by atoms with Gasteiger partial charge in [-0.15, -0.1) is 0 Å². The largest absolute Gasteiger partial charge is 0.360 e. The second-order valence-corrected chi connectivity index (χ2v) is 7.43. The summed E-state index contributed by atoms with van der Waals surface area (Å²) in [4.78, 5) is 27.5. The minimum Gasteiger partial charge on any atom is -0.360 e. The van der Waals surface area contributed by atoms with Gasteiger partial charge in [-0.3, -0.25) is 14.7 Å². The first-order chi connectivity index (χ1) is 13.8. The van der Waals surface area contributed by atoms with Crippen LogP contribution in [0.1, 0.15) is 16.1 Å². The van der Waals surface area contributed by atoms with Crippen LogP contribution in [-0.2, 0) is 6.54 Å². The summed E-state index contributed by atoms with van der Waals surface area (Å²) in [6, 6.07) is 21.4. The lowest BCUT2D eigenvalue weighted by molar-refractivity contribution is 0.0986. The average Bonchev–Trinajstić information content (AvgIpc) is 3.36. The SMILES string of the molecule is O=C(c1c[nH]c2ccccc12)N(Cc1ccccn1)c1nc2ccccc2s1. The van der Waals surface area contributed by atoms with Crippen LogP contribution in [0.3, 0.4) is 0 Å². The third-order valence-electron chi connectivity index (χ3n) is 4.62. The number of para-hydroxylation sites is 2. The molecule has 6 heteroatoms. The molecule has 28 heavy (non-hydrogen) atoms. The van der Waals surface area contributed by atoms with Gasteiger partial charge in [-0.1, -0.05) is 47.7 Å². The van der Waals surface area contributed by atoms with E-state index in [-0.39, 0.29) is 5.91 Å². The fraction of sp³-hybridized carbons (Fsp3) is 0.0455. The van der Waals surface area contributed by atoms with Crippen molar-refractivity contribution in [1.29, 1.82) is 0 Å². The molecule has 0 unspecified atom stereocenters. The molecule has 5 nitrogen and oxygen atoms in total. The minimum atomic E-state index is -0.0952. The highest BCUT2D eigenvalue weighted by molar-refractivity contribution is 7.22. The number of amides is 1. The number of rotatable bonds is 4. The quantitative estimate of drug-likeness (QED) is 0.473. The maximum atomic E-state index is 13.5. The van der Waals surface area contributed by atoms with Crippen LogP contribution in [0.5, 0.6) is 0 Å². The molecule has 2 aromatic carbocycles. The van der Waals surface area contributed by atoms with Crippen LogP contribution < -0.4 is 4.90 Å². The maximum Gasteiger partial charge on any atom is 0.262 e. The van der Waals surface area contributed by atoms with E-state index in [0.29, 0.717) is 17.2 Å². The summed E-state index contributed by atoms with van der Waals surface area (Å²) in [5, 5.41) is 1.57. The Hall–Kier alpha value is -3.51. The maximum absolute atomic E-state index is 13.5. The molecule has 1 N–H and O–H groups in total. The molecule has 0 spiro atoms. The van der Waals surface area contributed by atoms with Crippen molar-refractivity contribution >= 4 is 43.5 Å².